The number of carbonyl (C=O) groups excluding carboxylic acids is 2. The van der Waals surface area contributed by atoms with Crippen molar-refractivity contribution >= 4 is 11.9 Å². The van der Waals surface area contributed by atoms with Gasteiger partial charge in [0.15, 0.2) is 0 Å². The molecule has 0 aliphatic rings. The zero-order valence-electron chi connectivity index (χ0n) is 39.4. The van der Waals surface area contributed by atoms with E-state index in [1.165, 1.54) is 148 Å². The summed E-state index contributed by atoms with van der Waals surface area (Å²) in [7, 11) is 0. The lowest BCUT2D eigenvalue weighted by Crippen LogP contribution is -2.46. The van der Waals surface area contributed by atoms with Crippen molar-refractivity contribution in [3.63, 3.8) is 0 Å². The largest absolute Gasteiger partial charge is 0.462 e. The minimum atomic E-state index is -0.794. The molecule has 0 fully saturated rings. The molecule has 0 aliphatic carbocycles. The van der Waals surface area contributed by atoms with Crippen LogP contribution in [0.15, 0.2) is 36.5 Å². The zero-order chi connectivity index (χ0) is 43.1. The summed E-state index contributed by atoms with van der Waals surface area (Å²) in [5.74, 6) is -0.501. The number of unbranched alkanes of at least 4 members (excludes halogenated alkanes) is 30. The van der Waals surface area contributed by atoms with Gasteiger partial charge >= 0.3 is 5.97 Å². The number of aliphatic hydroxyl groups excluding tert-OH is 2. The van der Waals surface area contributed by atoms with Gasteiger partial charge in [0.2, 0.25) is 5.91 Å². The van der Waals surface area contributed by atoms with E-state index in [9.17, 15) is 19.8 Å². The van der Waals surface area contributed by atoms with Crippen LogP contribution in [0.25, 0.3) is 0 Å². The molecule has 0 saturated heterocycles. The van der Waals surface area contributed by atoms with Gasteiger partial charge in [0, 0.05) is 6.42 Å². The Labute approximate surface area is 366 Å². The highest BCUT2D eigenvalue weighted by Gasteiger charge is 2.24. The molecule has 0 spiro atoms. The summed E-state index contributed by atoms with van der Waals surface area (Å²) in [6.45, 7) is 6.45. The summed E-state index contributed by atoms with van der Waals surface area (Å²) in [5.41, 5.74) is 0. The molecule has 0 heterocycles. The lowest BCUT2D eigenvalue weighted by atomic mass is 10.0. The van der Waals surface area contributed by atoms with Crippen molar-refractivity contribution in [1.82, 2.24) is 5.32 Å². The Bertz CT molecular complexity index is 977. The van der Waals surface area contributed by atoms with E-state index >= 15 is 0 Å². The Morgan fingerprint density at radius 1 is 0.492 bits per heavy atom. The van der Waals surface area contributed by atoms with Crippen molar-refractivity contribution in [2.24, 2.45) is 0 Å². The van der Waals surface area contributed by atoms with E-state index < -0.39 is 18.2 Å². The third kappa shape index (κ3) is 42.6. The second kappa shape index (κ2) is 47.1. The van der Waals surface area contributed by atoms with Crippen LogP contribution >= 0.6 is 0 Å². The number of esters is 1. The van der Waals surface area contributed by atoms with E-state index in [-0.39, 0.29) is 24.9 Å². The van der Waals surface area contributed by atoms with Crippen molar-refractivity contribution in [2.45, 2.75) is 283 Å². The van der Waals surface area contributed by atoms with Gasteiger partial charge in [-0.2, -0.15) is 0 Å². The Hall–Kier alpha value is -1.92. The monoisotopic (exact) mass is 830 g/mol. The predicted molar refractivity (Wildman–Crippen MR) is 255 cm³/mol. The molecule has 0 bridgehead atoms. The molecule has 0 aromatic heterocycles. The molecule has 0 rings (SSSR count). The molecule has 3 atom stereocenters. The third-order valence-corrected chi connectivity index (χ3v) is 11.8. The number of aliphatic hydroxyl groups is 2. The van der Waals surface area contributed by atoms with Gasteiger partial charge in [-0.05, 0) is 51.4 Å². The lowest BCUT2D eigenvalue weighted by Gasteiger charge is -2.24. The molecular formula is C53H99NO5. The highest BCUT2D eigenvalue weighted by Crippen LogP contribution is 2.18. The van der Waals surface area contributed by atoms with Crippen LogP contribution in [0.2, 0.25) is 0 Å². The van der Waals surface area contributed by atoms with Crippen molar-refractivity contribution in [2.75, 3.05) is 6.61 Å². The summed E-state index contributed by atoms with van der Waals surface area (Å²) in [5, 5.41) is 23.8. The van der Waals surface area contributed by atoms with Gasteiger partial charge in [-0.1, -0.05) is 237 Å². The molecule has 0 aromatic rings. The standard InChI is InChI=1S/C53H99NO5/c1-4-7-10-13-16-19-21-23-25-27-28-30-33-35-38-41-44-49(59-53(58)46-43-40-37-32-18-15-12-9-6-3)47-52(57)54-50(48-55)51(56)45-42-39-36-34-31-29-26-24-22-20-17-14-11-8-5-2/h21,23,25,27-28,30,49-51,55-56H,4-20,22,24,26,29,31-48H2,1-3H3,(H,54,57)/b23-21+,27-25+,30-28+. The van der Waals surface area contributed by atoms with Crippen LogP contribution in [0.4, 0.5) is 0 Å². The maximum absolute atomic E-state index is 13.2. The van der Waals surface area contributed by atoms with E-state index in [0.29, 0.717) is 19.3 Å². The highest BCUT2D eigenvalue weighted by atomic mass is 16.5. The summed E-state index contributed by atoms with van der Waals surface area (Å²) >= 11 is 0. The molecule has 0 saturated carbocycles. The van der Waals surface area contributed by atoms with Crippen LogP contribution < -0.4 is 5.32 Å². The van der Waals surface area contributed by atoms with Crippen molar-refractivity contribution in [3.05, 3.63) is 36.5 Å². The van der Waals surface area contributed by atoms with Gasteiger partial charge in [-0.15, -0.1) is 0 Å². The molecule has 3 N–H and O–H groups in total. The Morgan fingerprint density at radius 3 is 1.31 bits per heavy atom. The summed E-state index contributed by atoms with van der Waals surface area (Å²) in [6.07, 6.45) is 54.9. The van der Waals surface area contributed by atoms with E-state index in [2.05, 4.69) is 62.5 Å². The van der Waals surface area contributed by atoms with Crippen molar-refractivity contribution in [3.8, 4) is 0 Å². The smallest absolute Gasteiger partial charge is 0.306 e. The normalized spacial score (nSPS) is 13.5. The van der Waals surface area contributed by atoms with Gasteiger partial charge in [-0.25, -0.2) is 0 Å². The highest BCUT2D eigenvalue weighted by molar-refractivity contribution is 5.77. The predicted octanol–water partition coefficient (Wildman–Crippen LogP) is 15.3. The Balaban J connectivity index is 4.57. The second-order valence-corrected chi connectivity index (χ2v) is 17.6. The van der Waals surface area contributed by atoms with E-state index in [0.717, 1.165) is 70.6 Å². The molecule has 0 aliphatic heterocycles. The summed E-state index contributed by atoms with van der Waals surface area (Å²) in [4.78, 5) is 26.0. The van der Waals surface area contributed by atoms with Crippen LogP contribution in [0.5, 0.6) is 0 Å². The average Bonchev–Trinajstić information content (AvgIpc) is 3.23. The first-order valence-electron chi connectivity index (χ1n) is 25.7. The fourth-order valence-electron chi connectivity index (χ4n) is 7.84. The van der Waals surface area contributed by atoms with Crippen molar-refractivity contribution < 1.29 is 24.5 Å². The van der Waals surface area contributed by atoms with Gasteiger partial charge in [0.05, 0.1) is 25.2 Å². The van der Waals surface area contributed by atoms with Crippen LogP contribution in [-0.4, -0.2) is 46.9 Å². The molecule has 6 heteroatoms. The lowest BCUT2D eigenvalue weighted by molar-refractivity contribution is -0.151. The Kier molecular flexibility index (Phi) is 45.6. The third-order valence-electron chi connectivity index (χ3n) is 11.8. The van der Waals surface area contributed by atoms with Crippen molar-refractivity contribution in [1.29, 1.82) is 0 Å². The number of hydrogen-bond acceptors (Lipinski definition) is 5. The summed E-state index contributed by atoms with van der Waals surface area (Å²) < 4.78 is 5.90. The number of hydrogen-bond donors (Lipinski definition) is 3. The second-order valence-electron chi connectivity index (χ2n) is 17.6. The number of ether oxygens (including phenoxy) is 1. The van der Waals surface area contributed by atoms with Crippen LogP contribution in [0.1, 0.15) is 265 Å². The van der Waals surface area contributed by atoms with E-state index in [1.54, 1.807) is 0 Å². The van der Waals surface area contributed by atoms with E-state index in [4.69, 9.17) is 4.74 Å². The topological polar surface area (TPSA) is 95.9 Å². The number of rotatable bonds is 46. The maximum Gasteiger partial charge on any atom is 0.306 e. The molecule has 59 heavy (non-hydrogen) atoms. The molecule has 6 nitrogen and oxygen atoms in total. The van der Waals surface area contributed by atoms with Crippen LogP contribution in [-0.2, 0) is 14.3 Å². The minimum absolute atomic E-state index is 0.0582. The number of carbonyl (C=O) groups is 2. The van der Waals surface area contributed by atoms with E-state index in [1.807, 2.05) is 0 Å². The van der Waals surface area contributed by atoms with Crippen LogP contribution in [0, 0.1) is 0 Å². The molecule has 0 radical (unpaired) electrons. The molecule has 1 amide bonds. The SMILES string of the molecule is CCCCCCC/C=C/C=C/C=C/CCCCCC(CC(=O)NC(CO)C(O)CCCCCCCCCCCCCCCCC)OC(=O)CCCCCCCCCCC. The van der Waals surface area contributed by atoms with Gasteiger partial charge in [0.1, 0.15) is 6.10 Å². The number of nitrogens with one attached hydrogen (secondary N) is 1. The molecular weight excluding hydrogens is 731 g/mol. The van der Waals surface area contributed by atoms with Gasteiger partial charge in [-0.3, -0.25) is 9.59 Å². The maximum atomic E-state index is 13.2. The fourth-order valence-corrected chi connectivity index (χ4v) is 7.84. The van der Waals surface area contributed by atoms with Gasteiger partial charge < -0.3 is 20.3 Å². The number of allylic oxidation sites excluding steroid dienone is 6. The Morgan fingerprint density at radius 2 is 0.864 bits per heavy atom. The first kappa shape index (κ1) is 57.1. The van der Waals surface area contributed by atoms with Gasteiger partial charge in [0.25, 0.3) is 0 Å². The van der Waals surface area contributed by atoms with Crippen LogP contribution in [0.3, 0.4) is 0 Å². The first-order chi connectivity index (χ1) is 29.0. The first-order valence-corrected chi connectivity index (χ1v) is 25.7. The summed E-state index contributed by atoms with van der Waals surface area (Å²) in [6, 6.07) is -0.709. The molecule has 3 unspecified atom stereocenters. The molecule has 0 aromatic carbocycles. The average molecular weight is 830 g/mol. The zero-order valence-corrected chi connectivity index (χ0v) is 39.4. The quantitative estimate of drug-likeness (QED) is 0.0323. The number of amides is 1. The fraction of sp³-hybridized carbons (Fsp3) is 0.849. The minimum Gasteiger partial charge on any atom is -0.462 e. The molecule has 346 valence electrons.